The monoisotopic (exact) mass is 389 g/mol. The molecule has 150 valence electrons. The van der Waals surface area contributed by atoms with Crippen molar-refractivity contribution in [3.05, 3.63) is 65.2 Å². The molecule has 0 bridgehead atoms. The topological polar surface area (TPSA) is 62.4 Å². The molecular weight excluding hydrogens is 364 g/mol. The minimum absolute atomic E-state index is 0.0626. The third-order valence-corrected chi connectivity index (χ3v) is 4.66. The summed E-state index contributed by atoms with van der Waals surface area (Å²) in [5, 5.41) is 2.72. The third-order valence-electron chi connectivity index (χ3n) is 4.66. The first-order valence-corrected chi connectivity index (χ1v) is 9.52. The van der Waals surface area contributed by atoms with E-state index in [0.717, 1.165) is 30.2 Å². The molecule has 3 rings (SSSR count). The lowest BCUT2D eigenvalue weighted by Gasteiger charge is -2.16. The lowest BCUT2D eigenvalue weighted by atomic mass is 10.0. The van der Waals surface area contributed by atoms with Crippen LogP contribution in [-0.2, 0) is 11.3 Å². The average Bonchev–Trinajstić information content (AvgIpc) is 3.16. The van der Waals surface area contributed by atoms with E-state index in [2.05, 4.69) is 23.1 Å². The molecule has 3 N–H and O–H groups in total. The zero-order valence-electron chi connectivity index (χ0n) is 15.8. The predicted octanol–water partition coefficient (Wildman–Crippen LogP) is 3.37. The number of benzene rings is 2. The summed E-state index contributed by atoms with van der Waals surface area (Å²) in [7, 11) is 0. The van der Waals surface area contributed by atoms with E-state index >= 15 is 0 Å². The van der Waals surface area contributed by atoms with Crippen LogP contribution in [0, 0.1) is 11.6 Å². The van der Waals surface area contributed by atoms with Crippen molar-refractivity contribution in [1.82, 2.24) is 16.2 Å². The molecule has 1 fully saturated rings. The van der Waals surface area contributed by atoms with E-state index in [0.29, 0.717) is 18.6 Å². The lowest BCUT2D eigenvalue weighted by molar-refractivity contribution is -0.123. The van der Waals surface area contributed by atoms with E-state index in [-0.39, 0.29) is 18.5 Å². The summed E-state index contributed by atoms with van der Waals surface area (Å²) in [6, 6.07) is 10.5. The first kappa shape index (κ1) is 20.2. The van der Waals surface area contributed by atoms with Gasteiger partial charge in [0.05, 0.1) is 12.6 Å². The molecule has 0 saturated carbocycles. The standard InChI is InChI=1S/C21H25F2N3O2/c1-2-3-8-28-20-7-5-4-6-17(20)18-12-19(26-25-18)21(27)24-13-14-9-15(22)11-16(23)10-14/h4-7,9-11,18-19,25-26H,2-3,8,12-13H2,1H3,(H,24,27). The summed E-state index contributed by atoms with van der Waals surface area (Å²) in [4.78, 5) is 12.4. The Morgan fingerprint density at radius 3 is 2.68 bits per heavy atom. The van der Waals surface area contributed by atoms with Crippen LogP contribution in [0.4, 0.5) is 8.78 Å². The van der Waals surface area contributed by atoms with Gasteiger partial charge in [-0.3, -0.25) is 4.79 Å². The second kappa shape index (κ2) is 9.61. The minimum atomic E-state index is -0.662. The van der Waals surface area contributed by atoms with Crippen LogP contribution in [-0.4, -0.2) is 18.6 Å². The van der Waals surface area contributed by atoms with E-state index in [1.165, 1.54) is 12.1 Å². The van der Waals surface area contributed by atoms with Crippen molar-refractivity contribution < 1.29 is 18.3 Å². The van der Waals surface area contributed by atoms with Crippen molar-refractivity contribution in [2.75, 3.05) is 6.61 Å². The van der Waals surface area contributed by atoms with Gasteiger partial charge in [0.2, 0.25) is 5.91 Å². The van der Waals surface area contributed by atoms with Gasteiger partial charge < -0.3 is 10.1 Å². The molecule has 2 aromatic carbocycles. The maximum atomic E-state index is 13.3. The number of halogens is 2. The number of hydrogen-bond donors (Lipinski definition) is 3. The number of para-hydroxylation sites is 1. The number of ether oxygens (including phenoxy) is 1. The van der Waals surface area contributed by atoms with E-state index < -0.39 is 17.7 Å². The van der Waals surface area contributed by atoms with Gasteiger partial charge >= 0.3 is 0 Å². The van der Waals surface area contributed by atoms with Crippen molar-refractivity contribution >= 4 is 5.91 Å². The van der Waals surface area contributed by atoms with Crippen LogP contribution in [0.2, 0.25) is 0 Å². The predicted molar refractivity (Wildman–Crippen MR) is 102 cm³/mol. The van der Waals surface area contributed by atoms with Crippen LogP contribution >= 0.6 is 0 Å². The fourth-order valence-electron chi connectivity index (χ4n) is 3.18. The molecule has 0 spiro atoms. The number of hydrazine groups is 1. The largest absolute Gasteiger partial charge is 0.493 e. The first-order valence-electron chi connectivity index (χ1n) is 9.52. The Morgan fingerprint density at radius 1 is 1.18 bits per heavy atom. The van der Waals surface area contributed by atoms with Gasteiger partial charge in [-0.2, -0.15) is 0 Å². The van der Waals surface area contributed by atoms with Gasteiger partial charge in [-0.25, -0.2) is 19.6 Å². The first-order chi connectivity index (χ1) is 13.6. The number of hydrogen-bond acceptors (Lipinski definition) is 4. The Bertz CT molecular complexity index is 796. The van der Waals surface area contributed by atoms with Gasteiger partial charge in [-0.1, -0.05) is 31.5 Å². The molecule has 28 heavy (non-hydrogen) atoms. The quantitative estimate of drug-likeness (QED) is 0.606. The molecule has 5 nitrogen and oxygen atoms in total. The number of unbranched alkanes of at least 4 members (excludes halogenated alkanes) is 1. The Balaban J connectivity index is 1.57. The van der Waals surface area contributed by atoms with Gasteiger partial charge in [0.15, 0.2) is 0 Å². The van der Waals surface area contributed by atoms with E-state index in [9.17, 15) is 13.6 Å². The number of carbonyl (C=O) groups excluding carboxylic acids is 1. The highest BCUT2D eigenvalue weighted by Gasteiger charge is 2.31. The van der Waals surface area contributed by atoms with Crippen LogP contribution in [0.3, 0.4) is 0 Å². The smallest absolute Gasteiger partial charge is 0.238 e. The summed E-state index contributed by atoms with van der Waals surface area (Å²) in [5.74, 6) is -0.745. The summed E-state index contributed by atoms with van der Waals surface area (Å²) < 4.78 is 32.4. The third kappa shape index (κ3) is 5.27. The van der Waals surface area contributed by atoms with Crippen molar-refractivity contribution in [2.45, 2.75) is 44.8 Å². The highest BCUT2D eigenvalue weighted by Crippen LogP contribution is 2.30. The van der Waals surface area contributed by atoms with Gasteiger partial charge in [0.1, 0.15) is 23.4 Å². The van der Waals surface area contributed by atoms with Crippen LogP contribution in [0.25, 0.3) is 0 Å². The Hall–Kier alpha value is -2.51. The van der Waals surface area contributed by atoms with Gasteiger partial charge in [-0.05, 0) is 36.6 Å². The van der Waals surface area contributed by atoms with Crippen molar-refractivity contribution in [3.8, 4) is 5.75 Å². The lowest BCUT2D eigenvalue weighted by Crippen LogP contribution is -2.42. The Kier molecular flexibility index (Phi) is 6.95. The Morgan fingerprint density at radius 2 is 1.93 bits per heavy atom. The fraction of sp³-hybridized carbons (Fsp3) is 0.381. The number of rotatable bonds is 8. The zero-order chi connectivity index (χ0) is 19.9. The molecule has 2 aromatic rings. The van der Waals surface area contributed by atoms with Crippen LogP contribution in [0.15, 0.2) is 42.5 Å². The van der Waals surface area contributed by atoms with Crippen molar-refractivity contribution in [3.63, 3.8) is 0 Å². The van der Waals surface area contributed by atoms with Crippen molar-refractivity contribution in [2.24, 2.45) is 0 Å². The molecule has 0 radical (unpaired) electrons. The van der Waals surface area contributed by atoms with Crippen LogP contribution in [0.5, 0.6) is 5.75 Å². The molecule has 7 heteroatoms. The molecule has 2 atom stereocenters. The number of carbonyl (C=O) groups is 1. The number of nitrogens with one attached hydrogen (secondary N) is 3. The van der Waals surface area contributed by atoms with E-state index in [4.69, 9.17) is 4.74 Å². The summed E-state index contributed by atoms with van der Waals surface area (Å²) >= 11 is 0. The molecule has 0 aromatic heterocycles. The second-order valence-corrected chi connectivity index (χ2v) is 6.86. The number of amides is 1. The molecule has 1 saturated heterocycles. The second-order valence-electron chi connectivity index (χ2n) is 6.86. The maximum Gasteiger partial charge on any atom is 0.238 e. The van der Waals surface area contributed by atoms with Crippen LogP contribution in [0.1, 0.15) is 43.4 Å². The SMILES string of the molecule is CCCCOc1ccccc1C1CC(C(=O)NCc2cc(F)cc(F)c2)NN1. The normalized spacial score (nSPS) is 18.8. The van der Waals surface area contributed by atoms with E-state index in [1.54, 1.807) is 0 Å². The molecule has 0 aliphatic carbocycles. The van der Waals surface area contributed by atoms with Gasteiger partial charge in [-0.15, -0.1) is 0 Å². The van der Waals surface area contributed by atoms with Gasteiger partial charge in [0, 0.05) is 18.2 Å². The Labute approximate surface area is 163 Å². The zero-order valence-corrected chi connectivity index (χ0v) is 15.8. The highest BCUT2D eigenvalue weighted by molar-refractivity contribution is 5.82. The van der Waals surface area contributed by atoms with Crippen molar-refractivity contribution in [1.29, 1.82) is 0 Å². The molecule has 1 amide bonds. The fourth-order valence-corrected chi connectivity index (χ4v) is 3.18. The maximum absolute atomic E-state index is 13.3. The molecule has 1 aliphatic heterocycles. The van der Waals surface area contributed by atoms with E-state index in [1.807, 2.05) is 24.3 Å². The molecule has 1 heterocycles. The van der Waals surface area contributed by atoms with Gasteiger partial charge in [0.25, 0.3) is 0 Å². The molecular formula is C21H25F2N3O2. The average molecular weight is 389 g/mol. The van der Waals surface area contributed by atoms with Crippen LogP contribution < -0.4 is 20.9 Å². The summed E-state index contributed by atoms with van der Waals surface area (Å²) in [6.45, 7) is 2.83. The summed E-state index contributed by atoms with van der Waals surface area (Å²) in [5.41, 5.74) is 7.50. The molecule has 1 aliphatic rings. The molecule has 2 unspecified atom stereocenters. The minimum Gasteiger partial charge on any atom is -0.493 e. The summed E-state index contributed by atoms with van der Waals surface area (Å²) in [6.07, 6.45) is 2.58. The highest BCUT2D eigenvalue weighted by atomic mass is 19.1.